The van der Waals surface area contributed by atoms with Crippen molar-refractivity contribution in [3.63, 3.8) is 0 Å². The van der Waals surface area contributed by atoms with Crippen LogP contribution in [0, 0.1) is 5.92 Å². The van der Waals surface area contributed by atoms with E-state index in [-0.39, 0.29) is 29.8 Å². The molecule has 8 heteroatoms. The predicted molar refractivity (Wildman–Crippen MR) is 124 cm³/mol. The third-order valence-corrected chi connectivity index (χ3v) is 6.72. The van der Waals surface area contributed by atoms with Crippen LogP contribution in [0.4, 0.5) is 18.0 Å². The minimum absolute atomic E-state index is 0.0645. The quantitative estimate of drug-likeness (QED) is 0.434. The molecule has 2 aliphatic rings. The number of hydrogen-bond donors (Lipinski definition) is 1. The second-order valence-corrected chi connectivity index (χ2v) is 9.48. The SMILES string of the molecule is C[C@@]1(c2ccc3c(C(F)(F)F)c(O[C@H]4C[C@H](COCc5ccccc5)C4)ccc3c2)COC(=O)N1. The second-order valence-electron chi connectivity index (χ2n) is 9.48. The van der Waals surface area contributed by atoms with Crippen LogP contribution in [0.3, 0.4) is 0 Å². The molecule has 1 atom stereocenters. The maximum atomic E-state index is 14.1. The first kappa shape index (κ1) is 23.5. The van der Waals surface area contributed by atoms with Crippen molar-refractivity contribution in [2.75, 3.05) is 13.2 Å². The highest BCUT2D eigenvalue weighted by Crippen LogP contribution is 2.44. The summed E-state index contributed by atoms with van der Waals surface area (Å²) >= 11 is 0. The Kier molecular flexibility index (Phi) is 6.09. The first-order valence-corrected chi connectivity index (χ1v) is 11.6. The molecule has 5 nitrogen and oxygen atoms in total. The largest absolute Gasteiger partial charge is 0.490 e. The molecule has 0 spiro atoms. The van der Waals surface area contributed by atoms with Crippen molar-refractivity contribution in [2.24, 2.45) is 5.92 Å². The van der Waals surface area contributed by atoms with Gasteiger partial charge in [-0.2, -0.15) is 13.2 Å². The van der Waals surface area contributed by atoms with E-state index in [0.717, 1.165) is 5.56 Å². The molecule has 1 heterocycles. The molecule has 0 aromatic heterocycles. The zero-order chi connectivity index (χ0) is 24.6. The number of alkyl halides is 3. The fourth-order valence-corrected chi connectivity index (χ4v) is 4.71. The number of fused-ring (bicyclic) bond motifs is 1. The summed E-state index contributed by atoms with van der Waals surface area (Å²) < 4.78 is 58.9. The number of carbonyl (C=O) groups is 1. The summed E-state index contributed by atoms with van der Waals surface area (Å²) in [6, 6.07) is 17.6. The normalized spacial score (nSPS) is 24.1. The van der Waals surface area contributed by atoms with Crippen molar-refractivity contribution in [1.29, 1.82) is 0 Å². The molecule has 184 valence electrons. The standard InChI is InChI=1S/C27H26F3NO4/c1-26(16-34-25(32)31-26)20-8-9-22-19(13-20)7-10-23(24(22)27(28,29)30)35-21-11-18(12-21)15-33-14-17-5-3-2-4-6-17/h2-10,13,18,21H,11-12,14-16H2,1H3,(H,31,32)/t18-,21-,26-/m0/s1. The second kappa shape index (κ2) is 9.07. The van der Waals surface area contributed by atoms with Crippen LogP contribution in [0.1, 0.15) is 36.5 Å². The Balaban J connectivity index is 1.28. The number of rotatable bonds is 7. The van der Waals surface area contributed by atoms with Crippen molar-refractivity contribution in [2.45, 2.75) is 44.2 Å². The van der Waals surface area contributed by atoms with Crippen LogP contribution in [0.2, 0.25) is 0 Å². The fraction of sp³-hybridized carbons (Fsp3) is 0.370. The molecular weight excluding hydrogens is 459 g/mol. The molecule has 1 saturated carbocycles. The van der Waals surface area contributed by atoms with Crippen molar-refractivity contribution >= 4 is 16.9 Å². The van der Waals surface area contributed by atoms with Gasteiger partial charge in [-0.15, -0.1) is 0 Å². The van der Waals surface area contributed by atoms with Crippen LogP contribution in [0.15, 0.2) is 60.7 Å². The van der Waals surface area contributed by atoms with Crippen LogP contribution in [0.5, 0.6) is 5.75 Å². The van der Waals surface area contributed by atoms with Gasteiger partial charge in [0.2, 0.25) is 0 Å². The average molecular weight is 486 g/mol. The van der Waals surface area contributed by atoms with Crippen molar-refractivity contribution < 1.29 is 32.2 Å². The van der Waals surface area contributed by atoms with E-state index in [2.05, 4.69) is 5.32 Å². The van der Waals surface area contributed by atoms with E-state index in [1.54, 1.807) is 25.1 Å². The van der Waals surface area contributed by atoms with Gasteiger partial charge >= 0.3 is 12.3 Å². The molecule has 3 aromatic rings. The van der Waals surface area contributed by atoms with Gasteiger partial charge in [-0.05, 0) is 59.7 Å². The van der Waals surface area contributed by atoms with Gasteiger partial charge in [0.15, 0.2) is 0 Å². The highest BCUT2D eigenvalue weighted by molar-refractivity contribution is 5.89. The van der Waals surface area contributed by atoms with Crippen LogP contribution in [0.25, 0.3) is 10.8 Å². The van der Waals surface area contributed by atoms with Crippen LogP contribution < -0.4 is 10.1 Å². The molecule has 0 radical (unpaired) electrons. The summed E-state index contributed by atoms with van der Waals surface area (Å²) in [5.74, 6) is 0.112. The maximum Gasteiger partial charge on any atom is 0.420 e. The predicted octanol–water partition coefficient (Wildman–Crippen LogP) is 6.19. The Bertz CT molecular complexity index is 1220. The van der Waals surface area contributed by atoms with Gasteiger partial charge in [0, 0.05) is 0 Å². The van der Waals surface area contributed by atoms with Gasteiger partial charge in [-0.3, -0.25) is 0 Å². The van der Waals surface area contributed by atoms with Crippen LogP contribution >= 0.6 is 0 Å². The number of amides is 1. The molecule has 1 saturated heterocycles. The van der Waals surface area contributed by atoms with Gasteiger partial charge in [0.1, 0.15) is 17.9 Å². The lowest BCUT2D eigenvalue weighted by Gasteiger charge is -2.36. The fourth-order valence-electron chi connectivity index (χ4n) is 4.71. The summed E-state index contributed by atoms with van der Waals surface area (Å²) in [6.07, 6.45) is -4.09. The smallest absolute Gasteiger partial charge is 0.420 e. The molecule has 2 fully saturated rings. The molecule has 35 heavy (non-hydrogen) atoms. The van der Waals surface area contributed by atoms with Crippen molar-refractivity contribution in [3.05, 3.63) is 77.4 Å². The van der Waals surface area contributed by atoms with Crippen LogP contribution in [-0.2, 0) is 27.8 Å². The molecule has 1 N–H and O–H groups in total. The molecule has 1 aliphatic heterocycles. The molecule has 0 unspecified atom stereocenters. The Morgan fingerprint density at radius 3 is 2.54 bits per heavy atom. The van der Waals surface area contributed by atoms with Gasteiger partial charge in [0.25, 0.3) is 0 Å². The van der Waals surface area contributed by atoms with Gasteiger partial charge in [-0.1, -0.05) is 48.5 Å². The summed E-state index contributed by atoms with van der Waals surface area (Å²) in [5, 5.41) is 3.20. The molecule has 0 bridgehead atoms. The van der Waals surface area contributed by atoms with E-state index in [9.17, 15) is 18.0 Å². The number of hydrogen-bond acceptors (Lipinski definition) is 4. The average Bonchev–Trinajstić information content (AvgIpc) is 3.16. The number of alkyl carbamates (subject to hydrolysis) is 1. The minimum Gasteiger partial charge on any atom is -0.490 e. The Labute approximate surface area is 201 Å². The number of nitrogens with one attached hydrogen (secondary N) is 1. The molecule has 5 rings (SSSR count). The minimum atomic E-state index is -4.58. The topological polar surface area (TPSA) is 56.8 Å². The lowest BCUT2D eigenvalue weighted by atomic mass is 9.83. The van der Waals surface area contributed by atoms with E-state index < -0.39 is 23.4 Å². The van der Waals surface area contributed by atoms with Crippen molar-refractivity contribution in [1.82, 2.24) is 5.32 Å². The van der Waals surface area contributed by atoms with E-state index in [0.29, 0.717) is 37.0 Å². The summed E-state index contributed by atoms with van der Waals surface area (Å²) in [6.45, 7) is 2.96. The number of cyclic esters (lactones) is 1. The number of benzene rings is 3. The molecule has 1 amide bonds. The summed E-state index contributed by atoms with van der Waals surface area (Å²) in [7, 11) is 0. The Hall–Kier alpha value is -3.26. The zero-order valence-corrected chi connectivity index (χ0v) is 19.2. The third-order valence-electron chi connectivity index (χ3n) is 6.72. The highest BCUT2D eigenvalue weighted by Gasteiger charge is 2.40. The van der Waals surface area contributed by atoms with E-state index in [4.69, 9.17) is 14.2 Å². The van der Waals surface area contributed by atoms with E-state index in [1.165, 1.54) is 12.1 Å². The molecular formula is C27H26F3NO4. The first-order chi connectivity index (χ1) is 16.7. The van der Waals surface area contributed by atoms with Gasteiger partial charge < -0.3 is 19.5 Å². The lowest BCUT2D eigenvalue weighted by Crippen LogP contribution is -2.37. The van der Waals surface area contributed by atoms with E-state index >= 15 is 0 Å². The highest BCUT2D eigenvalue weighted by atomic mass is 19.4. The summed E-state index contributed by atoms with van der Waals surface area (Å²) in [4.78, 5) is 11.5. The maximum absolute atomic E-state index is 14.1. The van der Waals surface area contributed by atoms with Gasteiger partial charge in [0.05, 0.1) is 24.9 Å². The monoisotopic (exact) mass is 485 g/mol. The zero-order valence-electron chi connectivity index (χ0n) is 19.2. The third kappa shape index (κ3) is 4.93. The Morgan fingerprint density at radius 2 is 1.86 bits per heavy atom. The van der Waals surface area contributed by atoms with Crippen molar-refractivity contribution in [3.8, 4) is 5.75 Å². The number of carbonyl (C=O) groups excluding carboxylic acids is 1. The Morgan fingerprint density at radius 1 is 1.09 bits per heavy atom. The first-order valence-electron chi connectivity index (χ1n) is 11.6. The molecule has 3 aromatic carbocycles. The van der Waals surface area contributed by atoms with Crippen LogP contribution in [-0.4, -0.2) is 25.4 Å². The lowest BCUT2D eigenvalue weighted by molar-refractivity contribution is -0.138. The van der Waals surface area contributed by atoms with E-state index in [1.807, 2.05) is 30.3 Å². The number of halogens is 3. The number of ether oxygens (including phenoxy) is 3. The summed E-state index contributed by atoms with van der Waals surface area (Å²) in [5.41, 5.74) is 0.199. The van der Waals surface area contributed by atoms with Gasteiger partial charge in [-0.25, -0.2) is 4.79 Å². The molecule has 1 aliphatic carbocycles.